The number of pyridine rings is 2. The predicted molar refractivity (Wildman–Crippen MR) is 204 cm³/mol. The van der Waals surface area contributed by atoms with Gasteiger partial charge in [0.25, 0.3) is 5.91 Å². The van der Waals surface area contributed by atoms with E-state index in [0.29, 0.717) is 35.7 Å². The summed E-state index contributed by atoms with van der Waals surface area (Å²) < 4.78 is 45.9. The Hall–Kier alpha value is -5.15. The van der Waals surface area contributed by atoms with Crippen LogP contribution in [-0.2, 0) is 11.0 Å². The molecule has 3 fully saturated rings. The average molecular weight is 772 g/mol. The number of thiazole rings is 1. The molecule has 55 heavy (non-hydrogen) atoms. The summed E-state index contributed by atoms with van der Waals surface area (Å²) in [6.45, 7) is 3.45. The number of piperidine rings is 1. The van der Waals surface area contributed by atoms with Gasteiger partial charge in [-0.05, 0) is 87.2 Å². The lowest BCUT2D eigenvalue weighted by Gasteiger charge is -2.37. The number of benzene rings is 2. The van der Waals surface area contributed by atoms with Crippen LogP contribution in [0.3, 0.4) is 0 Å². The van der Waals surface area contributed by atoms with Crippen LogP contribution in [0.25, 0.3) is 21.0 Å². The zero-order valence-corrected chi connectivity index (χ0v) is 31.0. The number of methoxy groups -OCH3 is 1. The molecule has 0 spiro atoms. The lowest BCUT2D eigenvalue weighted by Crippen LogP contribution is -2.49. The molecule has 3 aromatic heterocycles. The second-order valence-electron chi connectivity index (χ2n) is 14.6. The SMILES string of the molecule is COc1cc2nc(C3CCC(CN4CCC(c5cccc6c(N7CCC(=O)NC7=O)cncc56)CC4)CC3)sc2cc1NC(=O)c1cccc(C(F)(F)F)n1. The molecule has 1 aliphatic carbocycles. The molecule has 5 aromatic rings. The Bertz CT molecular complexity index is 2260. The predicted octanol–water partition coefficient (Wildman–Crippen LogP) is 8.12. The van der Waals surface area contributed by atoms with Gasteiger partial charge in [0.2, 0.25) is 5.91 Å². The number of alkyl halides is 3. The van der Waals surface area contributed by atoms with Gasteiger partial charge in [0, 0.05) is 48.5 Å². The number of hydrogen-bond acceptors (Lipinski definition) is 9. The average Bonchev–Trinajstić information content (AvgIpc) is 3.60. The van der Waals surface area contributed by atoms with Crippen molar-refractivity contribution in [3.8, 4) is 5.75 Å². The maximum atomic E-state index is 13.2. The number of rotatable bonds is 8. The van der Waals surface area contributed by atoms with Crippen LogP contribution in [0, 0.1) is 5.92 Å². The highest BCUT2D eigenvalue weighted by Gasteiger charge is 2.34. The minimum atomic E-state index is -4.66. The fourth-order valence-electron chi connectivity index (χ4n) is 8.27. The van der Waals surface area contributed by atoms with Gasteiger partial charge in [-0.1, -0.05) is 24.3 Å². The van der Waals surface area contributed by atoms with Crippen LogP contribution in [0.5, 0.6) is 5.75 Å². The lowest BCUT2D eigenvalue weighted by molar-refractivity contribution is -0.141. The molecule has 15 heteroatoms. The molecule has 0 radical (unpaired) electrons. The van der Waals surface area contributed by atoms with Crippen molar-refractivity contribution in [1.82, 2.24) is 25.2 Å². The van der Waals surface area contributed by atoms with Crippen LogP contribution >= 0.6 is 11.3 Å². The van der Waals surface area contributed by atoms with Crippen LogP contribution in [0.15, 0.2) is 60.9 Å². The minimum absolute atomic E-state index is 0.258. The highest BCUT2D eigenvalue weighted by Crippen LogP contribution is 2.42. The molecular formula is C40H40F3N7O4S. The topological polar surface area (TPSA) is 130 Å². The monoisotopic (exact) mass is 771 g/mol. The molecule has 0 atom stereocenters. The summed E-state index contributed by atoms with van der Waals surface area (Å²) in [5, 5.41) is 8.16. The lowest BCUT2D eigenvalue weighted by atomic mass is 9.81. The first-order valence-corrected chi connectivity index (χ1v) is 19.4. The number of amides is 4. The van der Waals surface area contributed by atoms with E-state index in [0.717, 1.165) is 102 Å². The number of aromatic nitrogens is 3. The van der Waals surface area contributed by atoms with Crippen LogP contribution in [-0.4, -0.2) is 71.0 Å². The molecular weight excluding hydrogens is 732 g/mol. The third-order valence-electron chi connectivity index (χ3n) is 11.1. The summed E-state index contributed by atoms with van der Waals surface area (Å²) in [7, 11) is 1.47. The fraction of sp³-hybridized carbons (Fsp3) is 0.400. The van der Waals surface area contributed by atoms with Crippen LogP contribution in [0.1, 0.15) is 83.5 Å². The van der Waals surface area contributed by atoms with Gasteiger partial charge in [-0.3, -0.25) is 24.8 Å². The number of likely N-dealkylation sites (tertiary alicyclic amines) is 1. The second kappa shape index (κ2) is 15.2. The minimum Gasteiger partial charge on any atom is -0.494 e. The number of halogens is 3. The summed E-state index contributed by atoms with van der Waals surface area (Å²) in [6, 6.07) is 12.6. The Kier molecular flexibility index (Phi) is 10.2. The first-order chi connectivity index (χ1) is 26.5. The van der Waals surface area contributed by atoms with Crippen LogP contribution in [0.4, 0.5) is 29.3 Å². The molecule has 0 unspecified atom stereocenters. The Labute approximate surface area is 319 Å². The highest BCUT2D eigenvalue weighted by molar-refractivity contribution is 7.18. The number of nitrogens with one attached hydrogen (secondary N) is 2. The van der Waals surface area contributed by atoms with Gasteiger partial charge in [-0.25, -0.2) is 14.8 Å². The molecule has 2 N–H and O–H groups in total. The van der Waals surface area contributed by atoms with Crippen molar-refractivity contribution in [2.45, 2.75) is 63.0 Å². The zero-order chi connectivity index (χ0) is 38.3. The van der Waals surface area contributed by atoms with Gasteiger partial charge in [0.05, 0.1) is 39.9 Å². The number of carbonyl (C=O) groups excluding carboxylic acids is 3. The van der Waals surface area contributed by atoms with E-state index in [9.17, 15) is 27.6 Å². The van der Waals surface area contributed by atoms with Crippen molar-refractivity contribution in [3.05, 3.63) is 82.9 Å². The van der Waals surface area contributed by atoms with Gasteiger partial charge in [-0.2, -0.15) is 13.2 Å². The first kappa shape index (κ1) is 36.8. The first-order valence-electron chi connectivity index (χ1n) is 18.6. The Morgan fingerprint density at radius 2 is 1.73 bits per heavy atom. The number of carbonyl (C=O) groups is 3. The van der Waals surface area contributed by atoms with E-state index in [4.69, 9.17) is 9.72 Å². The van der Waals surface area contributed by atoms with Gasteiger partial charge >= 0.3 is 12.2 Å². The summed E-state index contributed by atoms with van der Waals surface area (Å²) in [5.74, 6) is 0.685. The van der Waals surface area contributed by atoms with E-state index in [1.807, 2.05) is 12.3 Å². The van der Waals surface area contributed by atoms with E-state index < -0.39 is 23.8 Å². The van der Waals surface area contributed by atoms with E-state index in [2.05, 4.69) is 37.6 Å². The third kappa shape index (κ3) is 7.72. The van der Waals surface area contributed by atoms with Crippen molar-refractivity contribution in [2.24, 2.45) is 5.92 Å². The normalized spacial score (nSPS) is 20.2. The number of urea groups is 1. The number of hydrogen-bond donors (Lipinski definition) is 2. The van der Waals surface area contributed by atoms with E-state index in [1.54, 1.807) is 34.6 Å². The molecule has 0 bridgehead atoms. The van der Waals surface area contributed by atoms with E-state index in [1.165, 1.54) is 18.7 Å². The molecule has 2 aromatic carbocycles. The summed E-state index contributed by atoms with van der Waals surface area (Å²) in [5.41, 5.74) is 1.61. The quantitative estimate of drug-likeness (QED) is 0.162. The van der Waals surface area contributed by atoms with E-state index in [-0.39, 0.29) is 18.0 Å². The Balaban J connectivity index is 0.867. The van der Waals surface area contributed by atoms with Crippen molar-refractivity contribution in [3.63, 3.8) is 0 Å². The van der Waals surface area contributed by atoms with Crippen LogP contribution < -0.4 is 20.3 Å². The number of ether oxygens (including phenoxy) is 1. The third-order valence-corrected chi connectivity index (χ3v) is 12.3. The smallest absolute Gasteiger partial charge is 0.433 e. The molecule has 2 saturated heterocycles. The van der Waals surface area contributed by atoms with Crippen molar-refractivity contribution in [2.75, 3.05) is 43.5 Å². The Morgan fingerprint density at radius 1 is 0.945 bits per heavy atom. The van der Waals surface area contributed by atoms with Crippen LogP contribution in [0.2, 0.25) is 0 Å². The zero-order valence-electron chi connectivity index (χ0n) is 30.2. The van der Waals surface area contributed by atoms with E-state index >= 15 is 0 Å². The van der Waals surface area contributed by atoms with Gasteiger partial charge in [0.1, 0.15) is 17.1 Å². The van der Waals surface area contributed by atoms with Gasteiger partial charge < -0.3 is 15.0 Å². The molecule has 3 aliphatic rings. The molecule has 4 amide bonds. The van der Waals surface area contributed by atoms with Gasteiger partial charge in [0.15, 0.2) is 0 Å². The van der Waals surface area contributed by atoms with Crippen molar-refractivity contribution >= 4 is 61.5 Å². The summed E-state index contributed by atoms with van der Waals surface area (Å²) in [4.78, 5) is 54.4. The molecule has 5 heterocycles. The molecule has 2 aliphatic heterocycles. The molecule has 286 valence electrons. The number of anilines is 2. The van der Waals surface area contributed by atoms with Crippen molar-refractivity contribution in [1.29, 1.82) is 0 Å². The number of fused-ring (bicyclic) bond motifs is 2. The fourth-order valence-corrected chi connectivity index (χ4v) is 9.43. The Morgan fingerprint density at radius 3 is 2.47 bits per heavy atom. The highest BCUT2D eigenvalue weighted by atomic mass is 32.1. The molecule has 1 saturated carbocycles. The number of nitrogens with zero attached hydrogens (tertiary/aromatic N) is 5. The standard InChI is InChI=1S/C40H40F3N7O4S/c1-54-33-18-31-34(19-30(33)46-37(52)29-6-3-7-35(45-29)40(41,42)43)55-38(47-31)25-10-8-23(9-11-25)22-49-15-12-24(13-16-49)26-4-2-5-27-28(26)20-44-21-32(27)50-17-14-36(51)48-39(50)53/h2-7,18-21,23-25H,8-17,22H2,1H3,(H,46,52)(H,48,51,53). The van der Waals surface area contributed by atoms with Crippen molar-refractivity contribution < 1.29 is 32.3 Å². The summed E-state index contributed by atoms with van der Waals surface area (Å²) >= 11 is 1.58. The summed E-state index contributed by atoms with van der Waals surface area (Å²) in [6.07, 6.45) is 5.61. The maximum Gasteiger partial charge on any atom is 0.433 e. The maximum absolute atomic E-state index is 13.2. The molecule has 8 rings (SSSR count). The largest absolute Gasteiger partial charge is 0.494 e. The molecule has 11 nitrogen and oxygen atoms in total. The second-order valence-corrected chi connectivity index (χ2v) is 15.6. The van der Waals surface area contributed by atoms with Gasteiger partial charge in [-0.15, -0.1) is 11.3 Å². The number of imide groups is 1.